The predicted octanol–water partition coefficient (Wildman–Crippen LogP) is 4.09. The van der Waals surface area contributed by atoms with Crippen LogP contribution in [0.5, 0.6) is 5.75 Å². The number of methoxy groups -OCH3 is 1. The van der Waals surface area contributed by atoms with Gasteiger partial charge in [-0.2, -0.15) is 5.10 Å². The first-order chi connectivity index (χ1) is 12.6. The molecule has 0 radical (unpaired) electrons. The molecule has 0 spiro atoms. The molecular formula is C21H25N3O2. The number of carbonyl (C=O) groups excluding carboxylic acids is 1. The highest BCUT2D eigenvalue weighted by molar-refractivity contribution is 5.97. The summed E-state index contributed by atoms with van der Waals surface area (Å²) in [6, 6.07) is 17.0. The molecule has 5 heteroatoms. The highest BCUT2D eigenvalue weighted by Gasteiger charge is 2.17. The molecule has 1 atom stereocenters. The van der Waals surface area contributed by atoms with Gasteiger partial charge < -0.3 is 10.1 Å². The van der Waals surface area contributed by atoms with Crippen molar-refractivity contribution in [3.8, 4) is 5.75 Å². The normalized spacial score (nSPS) is 12.7. The maximum absolute atomic E-state index is 12.4. The van der Waals surface area contributed by atoms with Gasteiger partial charge in [-0.15, -0.1) is 0 Å². The Bertz CT molecular complexity index is 770. The number of benzene rings is 2. The number of allylic oxidation sites excluding steroid dienone is 1. The van der Waals surface area contributed by atoms with E-state index in [4.69, 9.17) is 4.74 Å². The van der Waals surface area contributed by atoms with Crippen molar-refractivity contribution in [2.45, 2.75) is 26.3 Å². The zero-order chi connectivity index (χ0) is 18.8. The average Bonchev–Trinajstić information content (AvgIpc) is 2.69. The van der Waals surface area contributed by atoms with Crippen LogP contribution < -0.4 is 15.5 Å². The fourth-order valence-corrected chi connectivity index (χ4v) is 2.34. The number of ether oxygens (including phenoxy) is 1. The van der Waals surface area contributed by atoms with Crippen molar-refractivity contribution >= 4 is 23.4 Å². The first kappa shape index (κ1) is 19.2. The van der Waals surface area contributed by atoms with E-state index >= 15 is 0 Å². The van der Waals surface area contributed by atoms with Crippen LogP contribution in [0.2, 0.25) is 0 Å². The van der Waals surface area contributed by atoms with Crippen LogP contribution in [-0.4, -0.2) is 24.8 Å². The molecule has 2 N–H and O–H groups in total. The van der Waals surface area contributed by atoms with Gasteiger partial charge in [0, 0.05) is 0 Å². The topological polar surface area (TPSA) is 62.7 Å². The maximum atomic E-state index is 12.4. The summed E-state index contributed by atoms with van der Waals surface area (Å²) in [6.45, 7) is 3.78. The summed E-state index contributed by atoms with van der Waals surface area (Å²) < 4.78 is 5.31. The van der Waals surface area contributed by atoms with Gasteiger partial charge in [0.15, 0.2) is 0 Å². The Morgan fingerprint density at radius 1 is 1.15 bits per heavy atom. The number of hydrogen-bond donors (Lipinski definition) is 2. The second-order valence-corrected chi connectivity index (χ2v) is 5.78. The fourth-order valence-electron chi connectivity index (χ4n) is 2.34. The van der Waals surface area contributed by atoms with Gasteiger partial charge in [0.2, 0.25) is 0 Å². The molecule has 0 aliphatic rings. The number of nitrogens with one attached hydrogen (secondary N) is 2. The van der Waals surface area contributed by atoms with E-state index in [-0.39, 0.29) is 5.91 Å². The zero-order valence-electron chi connectivity index (χ0n) is 15.4. The third-order valence-corrected chi connectivity index (χ3v) is 3.82. The summed E-state index contributed by atoms with van der Waals surface area (Å²) in [4.78, 5) is 12.4. The standard InChI is InChI=1S/C21H25N3O2/c1-4-18(22-19-12-8-9-13-20(19)26-3)21(25)24-23-16(2)14-15-17-10-6-5-7-11-17/h5-15,18,22H,4H2,1-3H3,(H,24,25)/b15-14+,23-16?/t18-/m0/s1. The molecule has 0 fully saturated rings. The molecule has 0 heterocycles. The lowest BCUT2D eigenvalue weighted by Gasteiger charge is -2.18. The van der Waals surface area contributed by atoms with Crippen molar-refractivity contribution < 1.29 is 9.53 Å². The third kappa shape index (κ3) is 5.77. The number of hydrazone groups is 1. The fraction of sp³-hybridized carbons (Fsp3) is 0.238. The van der Waals surface area contributed by atoms with Crippen LogP contribution in [0.15, 0.2) is 65.8 Å². The summed E-state index contributed by atoms with van der Waals surface area (Å²) in [5.74, 6) is 0.509. The Kier molecular flexibility index (Phi) is 7.43. The Morgan fingerprint density at radius 3 is 2.54 bits per heavy atom. The van der Waals surface area contributed by atoms with Crippen molar-refractivity contribution in [1.82, 2.24) is 5.43 Å². The zero-order valence-corrected chi connectivity index (χ0v) is 15.4. The van der Waals surface area contributed by atoms with Gasteiger partial charge in [0.25, 0.3) is 5.91 Å². The molecule has 2 rings (SSSR count). The van der Waals surface area contributed by atoms with Crippen molar-refractivity contribution in [1.29, 1.82) is 0 Å². The molecule has 1 amide bonds. The van der Waals surface area contributed by atoms with E-state index in [0.29, 0.717) is 17.9 Å². The number of nitrogens with zero attached hydrogens (tertiary/aromatic N) is 1. The summed E-state index contributed by atoms with van der Waals surface area (Å²) in [5, 5.41) is 7.36. The number of anilines is 1. The molecule has 0 bridgehead atoms. The van der Waals surface area contributed by atoms with E-state index in [0.717, 1.165) is 11.3 Å². The molecule has 0 aliphatic heterocycles. The lowest BCUT2D eigenvalue weighted by molar-refractivity contribution is -0.121. The van der Waals surface area contributed by atoms with Crippen molar-refractivity contribution in [3.63, 3.8) is 0 Å². The number of carbonyl (C=O) groups is 1. The van der Waals surface area contributed by atoms with E-state index in [9.17, 15) is 4.79 Å². The van der Waals surface area contributed by atoms with Crippen LogP contribution in [0, 0.1) is 0 Å². The quantitative estimate of drug-likeness (QED) is 0.556. The molecule has 0 unspecified atom stereocenters. The minimum absolute atomic E-state index is 0.189. The molecule has 0 saturated carbocycles. The van der Waals surface area contributed by atoms with Gasteiger partial charge in [-0.1, -0.05) is 55.5 Å². The van der Waals surface area contributed by atoms with E-state index < -0.39 is 6.04 Å². The number of rotatable bonds is 8. The van der Waals surface area contributed by atoms with E-state index in [1.807, 2.05) is 80.6 Å². The summed E-state index contributed by atoms with van der Waals surface area (Å²) in [6.07, 6.45) is 4.44. The lowest BCUT2D eigenvalue weighted by atomic mass is 10.2. The van der Waals surface area contributed by atoms with Gasteiger partial charge in [-0.25, -0.2) is 5.43 Å². The first-order valence-electron chi connectivity index (χ1n) is 8.61. The Hall–Kier alpha value is -3.08. The van der Waals surface area contributed by atoms with E-state index in [1.165, 1.54) is 0 Å². The summed E-state index contributed by atoms with van der Waals surface area (Å²) >= 11 is 0. The van der Waals surface area contributed by atoms with Gasteiger partial charge >= 0.3 is 0 Å². The second kappa shape index (κ2) is 10.0. The highest BCUT2D eigenvalue weighted by atomic mass is 16.5. The highest BCUT2D eigenvalue weighted by Crippen LogP contribution is 2.24. The van der Waals surface area contributed by atoms with Gasteiger partial charge in [0.1, 0.15) is 11.8 Å². The SMILES string of the molecule is CC[C@H](Nc1ccccc1OC)C(=O)NN=C(C)/C=C/c1ccccc1. The van der Waals surface area contributed by atoms with Crippen LogP contribution >= 0.6 is 0 Å². The number of hydrogen-bond acceptors (Lipinski definition) is 4. The maximum Gasteiger partial charge on any atom is 0.262 e. The Balaban J connectivity index is 1.96. The van der Waals surface area contributed by atoms with Crippen LogP contribution in [0.4, 0.5) is 5.69 Å². The molecule has 5 nitrogen and oxygen atoms in total. The minimum atomic E-state index is -0.402. The lowest BCUT2D eigenvalue weighted by Crippen LogP contribution is -2.37. The largest absolute Gasteiger partial charge is 0.495 e. The third-order valence-electron chi connectivity index (χ3n) is 3.82. The molecule has 26 heavy (non-hydrogen) atoms. The van der Waals surface area contributed by atoms with Crippen LogP contribution in [-0.2, 0) is 4.79 Å². The second-order valence-electron chi connectivity index (χ2n) is 5.78. The molecule has 2 aromatic carbocycles. The summed E-state index contributed by atoms with van der Waals surface area (Å²) in [5.41, 5.74) is 5.20. The molecule has 2 aromatic rings. The molecular weight excluding hydrogens is 326 g/mol. The summed E-state index contributed by atoms with van der Waals surface area (Å²) in [7, 11) is 1.61. The van der Waals surface area contributed by atoms with Crippen LogP contribution in [0.3, 0.4) is 0 Å². The van der Waals surface area contributed by atoms with E-state index in [2.05, 4.69) is 15.8 Å². The molecule has 0 saturated heterocycles. The molecule has 136 valence electrons. The van der Waals surface area contributed by atoms with Crippen LogP contribution in [0.1, 0.15) is 25.8 Å². The van der Waals surface area contributed by atoms with Crippen molar-refractivity contribution in [3.05, 3.63) is 66.2 Å². The first-order valence-corrected chi connectivity index (χ1v) is 8.61. The van der Waals surface area contributed by atoms with Crippen molar-refractivity contribution in [2.24, 2.45) is 5.10 Å². The smallest absolute Gasteiger partial charge is 0.262 e. The van der Waals surface area contributed by atoms with E-state index in [1.54, 1.807) is 7.11 Å². The van der Waals surface area contributed by atoms with Crippen molar-refractivity contribution in [2.75, 3.05) is 12.4 Å². The molecule has 0 aliphatic carbocycles. The van der Waals surface area contributed by atoms with Gasteiger partial charge in [-0.05, 0) is 37.1 Å². The van der Waals surface area contributed by atoms with Gasteiger partial charge in [-0.3, -0.25) is 4.79 Å². The minimum Gasteiger partial charge on any atom is -0.495 e. The molecule has 0 aromatic heterocycles. The predicted molar refractivity (Wildman–Crippen MR) is 107 cm³/mol. The van der Waals surface area contributed by atoms with Gasteiger partial charge in [0.05, 0.1) is 18.5 Å². The average molecular weight is 351 g/mol. The Labute approximate surface area is 154 Å². The van der Waals surface area contributed by atoms with Crippen LogP contribution in [0.25, 0.3) is 6.08 Å². The Morgan fingerprint density at radius 2 is 1.85 bits per heavy atom. The number of para-hydroxylation sites is 2. The monoisotopic (exact) mass is 351 g/mol. The number of amides is 1.